The number of allylic oxidation sites excluding steroid dienone is 14. The molecule has 480 valence electrons. The van der Waals surface area contributed by atoms with Crippen molar-refractivity contribution in [1.82, 2.24) is 0 Å². The number of hydrogen-bond acceptors (Lipinski definition) is 8. The first-order valence-electron chi connectivity index (χ1n) is 34.7. The van der Waals surface area contributed by atoms with Gasteiger partial charge in [0, 0.05) is 12.8 Å². The highest BCUT2D eigenvalue weighted by atomic mass is 16.7. The van der Waals surface area contributed by atoms with Gasteiger partial charge in [0.25, 0.3) is 0 Å². The molecule has 0 aliphatic heterocycles. The summed E-state index contributed by atoms with van der Waals surface area (Å²) in [6, 6.07) is 0. The summed E-state index contributed by atoms with van der Waals surface area (Å²) in [5.41, 5.74) is 0. The molecule has 0 aliphatic carbocycles. The highest BCUT2D eigenvalue weighted by Gasteiger charge is 2.22. The average molecular weight is 1160 g/mol. The number of rotatable bonds is 64. The van der Waals surface area contributed by atoms with E-state index in [-0.39, 0.29) is 38.6 Å². The highest BCUT2D eigenvalue weighted by Crippen LogP contribution is 2.18. The number of likely N-dealkylation sites (N-methyl/N-ethyl adjacent to an activating group) is 1. The monoisotopic (exact) mass is 1160 g/mol. The number of quaternary nitrogens is 1. The van der Waals surface area contributed by atoms with Gasteiger partial charge < -0.3 is 33.3 Å². The molecule has 0 aliphatic rings. The van der Waals surface area contributed by atoms with Gasteiger partial charge in [-0.15, -0.1) is 0 Å². The second-order valence-corrected chi connectivity index (χ2v) is 24.4. The van der Waals surface area contributed by atoms with Crippen LogP contribution >= 0.6 is 0 Å². The third-order valence-corrected chi connectivity index (χ3v) is 15.1. The van der Waals surface area contributed by atoms with Crippen molar-refractivity contribution in [2.24, 2.45) is 0 Å². The lowest BCUT2D eigenvalue weighted by molar-refractivity contribution is -0.870. The lowest BCUT2D eigenvalue weighted by atomic mass is 10.0. The second-order valence-electron chi connectivity index (χ2n) is 24.4. The van der Waals surface area contributed by atoms with Crippen molar-refractivity contribution in [3.63, 3.8) is 0 Å². The van der Waals surface area contributed by atoms with Crippen LogP contribution in [0.3, 0.4) is 0 Å². The summed E-state index contributed by atoms with van der Waals surface area (Å²) >= 11 is 0. The molecule has 0 bridgehead atoms. The summed E-state index contributed by atoms with van der Waals surface area (Å²) in [6.45, 7) is 4.64. The van der Waals surface area contributed by atoms with Crippen molar-refractivity contribution in [3.05, 3.63) is 85.1 Å². The van der Waals surface area contributed by atoms with Crippen LogP contribution in [0, 0.1) is 0 Å². The Balaban J connectivity index is 4.00. The van der Waals surface area contributed by atoms with Crippen LogP contribution in [-0.2, 0) is 33.3 Å². The fourth-order valence-electron chi connectivity index (χ4n) is 9.83. The standard InChI is InChI=1S/C74H131NO8/c1-6-8-10-12-14-16-18-20-22-24-26-27-28-29-30-31-32-33-34-35-36-37-38-39-40-41-42-43-44-45-47-49-51-53-55-57-59-61-63-65-72(77)83-70(69-82-74(73(78)79)80-67-66-75(3,4)5)68-81-71(76)64-62-60-58-56-54-52-50-48-46-25-23-21-19-17-15-13-11-9-7-2/h8,10,14-17,20-23,26-27,29-30,70,74H,6-7,9,11-13,18-19,24-25,28,31-69H2,1-5H3/b10-8-,16-14-,17-15-,22-20-,23-21-,27-26-,30-29-. The van der Waals surface area contributed by atoms with Gasteiger partial charge in [-0.3, -0.25) is 9.59 Å². The van der Waals surface area contributed by atoms with Gasteiger partial charge in [-0.25, -0.2) is 0 Å². The minimum absolute atomic E-state index is 0.147. The molecule has 9 heteroatoms. The zero-order chi connectivity index (χ0) is 60.5. The third kappa shape index (κ3) is 65.9. The van der Waals surface area contributed by atoms with Gasteiger partial charge in [-0.2, -0.15) is 0 Å². The van der Waals surface area contributed by atoms with Gasteiger partial charge in [0.15, 0.2) is 12.4 Å². The minimum atomic E-state index is -1.62. The van der Waals surface area contributed by atoms with Crippen LogP contribution in [0.2, 0.25) is 0 Å². The normalized spacial score (nSPS) is 13.2. The first-order chi connectivity index (χ1) is 40.6. The quantitative estimate of drug-likeness (QED) is 0.0195. The number of hydrogen-bond donors (Lipinski definition) is 0. The molecule has 0 spiro atoms. The second kappa shape index (κ2) is 64.5. The largest absolute Gasteiger partial charge is 0.545 e. The van der Waals surface area contributed by atoms with E-state index < -0.39 is 24.3 Å². The molecule has 9 nitrogen and oxygen atoms in total. The fraction of sp³-hybridized carbons (Fsp3) is 0.770. The first-order valence-corrected chi connectivity index (χ1v) is 34.7. The molecule has 0 aromatic rings. The van der Waals surface area contributed by atoms with E-state index in [0.29, 0.717) is 17.4 Å². The smallest absolute Gasteiger partial charge is 0.306 e. The van der Waals surface area contributed by atoms with Crippen LogP contribution in [0.1, 0.15) is 309 Å². The topological polar surface area (TPSA) is 111 Å². The Morgan fingerprint density at radius 1 is 0.373 bits per heavy atom. The molecule has 0 aromatic heterocycles. The molecule has 0 N–H and O–H groups in total. The molecule has 0 fully saturated rings. The highest BCUT2D eigenvalue weighted by molar-refractivity contribution is 5.70. The van der Waals surface area contributed by atoms with Gasteiger partial charge in [-0.05, 0) is 89.9 Å². The number of aliphatic carboxylic acids is 1. The van der Waals surface area contributed by atoms with E-state index in [9.17, 15) is 19.5 Å². The van der Waals surface area contributed by atoms with Gasteiger partial charge in [0.2, 0.25) is 0 Å². The lowest BCUT2D eigenvalue weighted by Gasteiger charge is -2.26. The van der Waals surface area contributed by atoms with Crippen LogP contribution in [0.15, 0.2) is 85.1 Å². The Kier molecular flexibility index (Phi) is 61.7. The van der Waals surface area contributed by atoms with Crippen molar-refractivity contribution >= 4 is 17.9 Å². The molecular weight excluding hydrogens is 1030 g/mol. The molecule has 0 aromatic carbocycles. The van der Waals surface area contributed by atoms with Crippen LogP contribution in [0.4, 0.5) is 0 Å². The van der Waals surface area contributed by atoms with Crippen LogP contribution in [0.5, 0.6) is 0 Å². The molecule has 0 saturated heterocycles. The maximum Gasteiger partial charge on any atom is 0.306 e. The van der Waals surface area contributed by atoms with Crippen molar-refractivity contribution in [1.29, 1.82) is 0 Å². The first kappa shape index (κ1) is 79.5. The molecule has 0 heterocycles. The van der Waals surface area contributed by atoms with Gasteiger partial charge in [0.05, 0.1) is 40.3 Å². The molecule has 0 rings (SSSR count). The van der Waals surface area contributed by atoms with E-state index in [2.05, 4.69) is 98.9 Å². The van der Waals surface area contributed by atoms with Gasteiger partial charge in [-0.1, -0.05) is 292 Å². The Hall–Kier alpha value is -3.53. The van der Waals surface area contributed by atoms with E-state index in [1.54, 1.807) is 0 Å². The van der Waals surface area contributed by atoms with Crippen LogP contribution in [0.25, 0.3) is 0 Å². The predicted molar refractivity (Wildman–Crippen MR) is 352 cm³/mol. The van der Waals surface area contributed by atoms with Crippen LogP contribution in [-0.4, -0.2) is 82.3 Å². The maximum atomic E-state index is 12.9. The molecule has 0 saturated carbocycles. The van der Waals surface area contributed by atoms with Crippen molar-refractivity contribution in [2.75, 3.05) is 47.5 Å². The van der Waals surface area contributed by atoms with Crippen molar-refractivity contribution in [2.45, 2.75) is 322 Å². The summed E-state index contributed by atoms with van der Waals surface area (Å²) < 4.78 is 22.8. The number of unbranched alkanes of at least 4 members (excludes halogenated alkanes) is 35. The molecule has 0 amide bonds. The van der Waals surface area contributed by atoms with Gasteiger partial charge >= 0.3 is 11.9 Å². The van der Waals surface area contributed by atoms with E-state index in [0.717, 1.165) is 70.6 Å². The summed E-state index contributed by atoms with van der Waals surface area (Å²) in [5, 5.41) is 11.8. The van der Waals surface area contributed by atoms with Gasteiger partial charge in [0.1, 0.15) is 13.2 Å². The SMILES string of the molecule is CC/C=C\C/C=C\C/C=C\C/C=C\C/C=C\CCCCCCCCCCCCCCCCCCCCCCCCCC(=O)OC(COC(=O)CCCCCCCCCCC/C=C\C/C=C\CCCCC)COC(OCC[N+](C)(C)C)C(=O)[O-]. The van der Waals surface area contributed by atoms with E-state index in [1.165, 1.54) is 205 Å². The fourth-order valence-corrected chi connectivity index (χ4v) is 9.83. The lowest BCUT2D eigenvalue weighted by Crippen LogP contribution is -2.44. The molecule has 2 atom stereocenters. The predicted octanol–water partition coefficient (Wildman–Crippen LogP) is 20.1. The number of carboxylic acids is 1. The number of esters is 2. The molecular formula is C74H131NO8. The number of carboxylic acid groups (broad SMARTS) is 1. The van der Waals surface area contributed by atoms with E-state index in [4.69, 9.17) is 18.9 Å². The van der Waals surface area contributed by atoms with E-state index in [1.807, 2.05) is 21.1 Å². The van der Waals surface area contributed by atoms with Crippen molar-refractivity contribution in [3.8, 4) is 0 Å². The Labute approximate surface area is 512 Å². The number of nitrogens with zero attached hydrogens (tertiary/aromatic N) is 1. The summed E-state index contributed by atoms with van der Waals surface area (Å²) in [6.07, 6.45) is 83.9. The Bertz CT molecular complexity index is 1640. The van der Waals surface area contributed by atoms with E-state index >= 15 is 0 Å². The molecule has 83 heavy (non-hydrogen) atoms. The summed E-state index contributed by atoms with van der Waals surface area (Å²) in [5.74, 6) is -2.27. The number of ether oxygens (including phenoxy) is 4. The molecule has 0 radical (unpaired) electrons. The minimum Gasteiger partial charge on any atom is -0.545 e. The number of carbonyl (C=O) groups is 3. The maximum absolute atomic E-state index is 12.9. The third-order valence-electron chi connectivity index (χ3n) is 15.1. The van der Waals surface area contributed by atoms with Crippen LogP contribution < -0.4 is 5.11 Å². The summed E-state index contributed by atoms with van der Waals surface area (Å²) in [7, 11) is 5.93. The Morgan fingerprint density at radius 2 is 0.687 bits per heavy atom. The summed E-state index contributed by atoms with van der Waals surface area (Å²) in [4.78, 5) is 37.4. The molecule has 2 unspecified atom stereocenters. The average Bonchev–Trinajstić information content (AvgIpc) is 3.46. The Morgan fingerprint density at radius 3 is 1.02 bits per heavy atom. The zero-order valence-corrected chi connectivity index (χ0v) is 54.8. The van der Waals surface area contributed by atoms with Crippen molar-refractivity contribution < 1.29 is 42.9 Å². The zero-order valence-electron chi connectivity index (χ0n) is 54.8. The number of carbonyl (C=O) groups excluding carboxylic acids is 3.